The van der Waals surface area contributed by atoms with Crippen LogP contribution in [-0.4, -0.2) is 4.98 Å². The minimum Gasteiger partial charge on any atom is -0.255 e. The van der Waals surface area contributed by atoms with E-state index in [4.69, 9.17) is 0 Å². The summed E-state index contributed by atoms with van der Waals surface area (Å²) in [6.45, 7) is 2.09. The van der Waals surface area contributed by atoms with Gasteiger partial charge in [0.25, 0.3) is 0 Å². The number of benzene rings is 1. The van der Waals surface area contributed by atoms with Crippen LogP contribution in [0.1, 0.15) is 5.56 Å². The van der Waals surface area contributed by atoms with E-state index in [0.29, 0.717) is 0 Å². The second-order valence-electron chi connectivity index (χ2n) is 2.92. The van der Waals surface area contributed by atoms with Crippen molar-refractivity contribution in [2.24, 2.45) is 0 Å². The topological polar surface area (TPSA) is 12.9 Å². The number of halogens is 2. The zero-order valence-electron chi connectivity index (χ0n) is 7.01. The third kappa shape index (κ3) is 1.72. The Hall–Kier alpha value is -0.160. The first kappa shape index (κ1) is 9.40. The Kier molecular flexibility index (Phi) is 2.55. The molecule has 0 radical (unpaired) electrons. The average molecular weight is 348 g/mol. The molecule has 3 heteroatoms. The van der Waals surface area contributed by atoms with Gasteiger partial charge in [-0.25, -0.2) is 0 Å². The molecular formula is C10H7BrIN. The highest BCUT2D eigenvalue weighted by Crippen LogP contribution is 2.26. The molecule has 1 heterocycles. The molecular weight excluding hydrogens is 341 g/mol. The molecule has 0 aliphatic rings. The van der Waals surface area contributed by atoms with Crippen molar-refractivity contribution in [2.75, 3.05) is 0 Å². The van der Waals surface area contributed by atoms with Crippen molar-refractivity contribution >= 4 is 49.4 Å². The van der Waals surface area contributed by atoms with E-state index in [1.165, 1.54) is 10.9 Å². The fourth-order valence-corrected chi connectivity index (χ4v) is 2.15. The maximum Gasteiger partial charge on any atom is 0.0714 e. The normalized spacial score (nSPS) is 10.7. The van der Waals surface area contributed by atoms with Crippen LogP contribution in [0.3, 0.4) is 0 Å². The number of pyridine rings is 1. The Morgan fingerprint density at radius 3 is 2.92 bits per heavy atom. The Morgan fingerprint density at radius 2 is 2.15 bits per heavy atom. The minimum absolute atomic E-state index is 1.04. The lowest BCUT2D eigenvalue weighted by Gasteiger charge is -2.03. The number of aryl methyl sites for hydroxylation is 1. The molecule has 0 saturated carbocycles. The van der Waals surface area contributed by atoms with Crippen molar-refractivity contribution < 1.29 is 0 Å². The Labute approximate surface area is 98.8 Å². The Bertz CT molecular complexity index is 462. The molecule has 0 unspecified atom stereocenters. The summed E-state index contributed by atoms with van der Waals surface area (Å²) in [4.78, 5) is 4.35. The molecule has 1 nitrogen and oxygen atoms in total. The molecule has 0 atom stereocenters. The lowest BCUT2D eigenvalue weighted by atomic mass is 10.1. The van der Waals surface area contributed by atoms with Gasteiger partial charge in [0.05, 0.1) is 5.52 Å². The van der Waals surface area contributed by atoms with Gasteiger partial charge in [-0.3, -0.25) is 4.98 Å². The fourth-order valence-electron chi connectivity index (χ4n) is 1.25. The fraction of sp³-hybridized carbons (Fsp3) is 0.100. The van der Waals surface area contributed by atoms with E-state index in [0.717, 1.165) is 13.6 Å². The molecule has 0 spiro atoms. The van der Waals surface area contributed by atoms with Gasteiger partial charge in [-0.2, -0.15) is 0 Å². The van der Waals surface area contributed by atoms with E-state index in [1.54, 1.807) is 0 Å². The molecule has 2 rings (SSSR count). The van der Waals surface area contributed by atoms with Crippen LogP contribution in [0.25, 0.3) is 10.9 Å². The van der Waals surface area contributed by atoms with Crippen molar-refractivity contribution in [3.63, 3.8) is 0 Å². The third-order valence-electron chi connectivity index (χ3n) is 1.96. The summed E-state index contributed by atoms with van der Waals surface area (Å²) in [5.41, 5.74) is 2.29. The SMILES string of the molecule is Cc1ccc2ncc(I)cc2c1Br. The van der Waals surface area contributed by atoms with E-state index >= 15 is 0 Å². The number of fused-ring (bicyclic) bond motifs is 1. The molecule has 0 bridgehead atoms. The van der Waals surface area contributed by atoms with Crippen LogP contribution < -0.4 is 0 Å². The van der Waals surface area contributed by atoms with E-state index < -0.39 is 0 Å². The Morgan fingerprint density at radius 1 is 1.38 bits per heavy atom. The molecule has 0 aliphatic carbocycles. The molecule has 66 valence electrons. The lowest BCUT2D eigenvalue weighted by Crippen LogP contribution is -1.84. The Balaban J connectivity index is 2.89. The first-order chi connectivity index (χ1) is 6.18. The largest absolute Gasteiger partial charge is 0.255 e. The van der Waals surface area contributed by atoms with E-state index in [-0.39, 0.29) is 0 Å². The molecule has 0 amide bonds. The molecule has 0 aliphatic heterocycles. The van der Waals surface area contributed by atoms with Gasteiger partial charge in [0.15, 0.2) is 0 Å². The van der Waals surface area contributed by atoms with Crippen molar-refractivity contribution in [1.82, 2.24) is 4.98 Å². The highest BCUT2D eigenvalue weighted by molar-refractivity contribution is 14.1. The van der Waals surface area contributed by atoms with Gasteiger partial charge in [-0.05, 0) is 63.1 Å². The average Bonchev–Trinajstić information content (AvgIpc) is 2.12. The molecule has 0 N–H and O–H groups in total. The van der Waals surface area contributed by atoms with Gasteiger partial charge in [-0.1, -0.05) is 6.07 Å². The van der Waals surface area contributed by atoms with Crippen LogP contribution in [0.2, 0.25) is 0 Å². The molecule has 1 aromatic heterocycles. The number of hydrogen-bond acceptors (Lipinski definition) is 1. The summed E-state index contributed by atoms with van der Waals surface area (Å²) < 4.78 is 2.31. The van der Waals surface area contributed by atoms with Crippen LogP contribution in [-0.2, 0) is 0 Å². The van der Waals surface area contributed by atoms with Crippen molar-refractivity contribution in [2.45, 2.75) is 6.92 Å². The van der Waals surface area contributed by atoms with Crippen LogP contribution in [0.5, 0.6) is 0 Å². The molecule has 13 heavy (non-hydrogen) atoms. The number of rotatable bonds is 0. The second kappa shape index (κ2) is 3.53. The van der Waals surface area contributed by atoms with E-state index in [9.17, 15) is 0 Å². The summed E-state index contributed by atoms with van der Waals surface area (Å²) >= 11 is 5.84. The minimum atomic E-state index is 1.04. The van der Waals surface area contributed by atoms with Crippen molar-refractivity contribution in [1.29, 1.82) is 0 Å². The zero-order valence-corrected chi connectivity index (χ0v) is 10.8. The molecule has 2 aromatic rings. The summed E-state index contributed by atoms with van der Waals surface area (Å²) in [5.74, 6) is 0. The van der Waals surface area contributed by atoms with Gasteiger partial charge < -0.3 is 0 Å². The van der Waals surface area contributed by atoms with Crippen molar-refractivity contribution in [3.05, 3.63) is 38.0 Å². The van der Waals surface area contributed by atoms with Gasteiger partial charge in [-0.15, -0.1) is 0 Å². The highest BCUT2D eigenvalue weighted by atomic mass is 127. The van der Waals surface area contributed by atoms with E-state index in [2.05, 4.69) is 62.6 Å². The summed E-state index contributed by atoms with van der Waals surface area (Å²) in [5, 5.41) is 1.19. The van der Waals surface area contributed by atoms with Crippen LogP contribution in [0.4, 0.5) is 0 Å². The lowest BCUT2D eigenvalue weighted by molar-refractivity contribution is 1.36. The summed E-state index contributed by atoms with van der Waals surface area (Å²) in [6, 6.07) is 6.26. The number of aromatic nitrogens is 1. The smallest absolute Gasteiger partial charge is 0.0714 e. The van der Waals surface area contributed by atoms with E-state index in [1.807, 2.05) is 12.3 Å². The van der Waals surface area contributed by atoms with Crippen LogP contribution >= 0.6 is 38.5 Å². The first-order valence-electron chi connectivity index (χ1n) is 3.89. The predicted molar refractivity (Wildman–Crippen MR) is 66.9 cm³/mol. The van der Waals surface area contributed by atoms with Gasteiger partial charge >= 0.3 is 0 Å². The second-order valence-corrected chi connectivity index (χ2v) is 4.96. The standard InChI is InChI=1S/C10H7BrIN/c1-6-2-3-9-8(10(6)11)4-7(12)5-13-9/h2-5H,1H3. The third-order valence-corrected chi connectivity index (χ3v) is 3.60. The zero-order chi connectivity index (χ0) is 9.42. The summed E-state index contributed by atoms with van der Waals surface area (Å²) in [7, 11) is 0. The maximum atomic E-state index is 4.35. The van der Waals surface area contributed by atoms with Crippen LogP contribution in [0, 0.1) is 10.5 Å². The van der Waals surface area contributed by atoms with Gasteiger partial charge in [0.1, 0.15) is 0 Å². The van der Waals surface area contributed by atoms with Crippen molar-refractivity contribution in [3.8, 4) is 0 Å². The molecule has 0 fully saturated rings. The molecule has 0 saturated heterocycles. The van der Waals surface area contributed by atoms with Gasteiger partial charge in [0, 0.05) is 19.6 Å². The number of hydrogen-bond donors (Lipinski definition) is 0. The predicted octanol–water partition coefficient (Wildman–Crippen LogP) is 3.91. The maximum absolute atomic E-state index is 4.35. The van der Waals surface area contributed by atoms with Crippen LogP contribution in [0.15, 0.2) is 28.9 Å². The first-order valence-corrected chi connectivity index (χ1v) is 5.76. The van der Waals surface area contributed by atoms with Gasteiger partial charge in [0.2, 0.25) is 0 Å². The monoisotopic (exact) mass is 347 g/mol. The number of nitrogens with zero attached hydrogens (tertiary/aromatic N) is 1. The quantitative estimate of drug-likeness (QED) is 0.658. The summed E-state index contributed by atoms with van der Waals surface area (Å²) in [6.07, 6.45) is 1.88. The molecule has 1 aromatic carbocycles. The highest BCUT2D eigenvalue weighted by Gasteiger charge is 2.02.